The Morgan fingerprint density at radius 2 is 1.91 bits per heavy atom. The van der Waals surface area contributed by atoms with Gasteiger partial charge in [0.15, 0.2) is 0 Å². The van der Waals surface area contributed by atoms with Gasteiger partial charge in [-0.3, -0.25) is 0 Å². The number of anilines is 3. The largest absolute Gasteiger partial charge is 0.445 e. The Bertz CT molecular complexity index is 1210. The molecule has 9 heteroatoms. The lowest BCUT2D eigenvalue weighted by Crippen LogP contribution is -2.48. The number of benzene rings is 2. The van der Waals surface area contributed by atoms with Crippen LogP contribution in [-0.4, -0.2) is 47.0 Å². The molecule has 33 heavy (non-hydrogen) atoms. The number of carbonyl (C=O) groups excluding carboxylic acids is 1. The molecular weight excluding hydrogens is 484 g/mol. The van der Waals surface area contributed by atoms with E-state index in [-0.39, 0.29) is 12.7 Å². The van der Waals surface area contributed by atoms with Gasteiger partial charge in [-0.2, -0.15) is 10.4 Å². The Morgan fingerprint density at radius 3 is 2.67 bits per heavy atom. The van der Waals surface area contributed by atoms with E-state index >= 15 is 0 Å². The first kappa shape index (κ1) is 21.3. The first-order chi connectivity index (χ1) is 16.1. The van der Waals surface area contributed by atoms with E-state index in [4.69, 9.17) is 4.74 Å². The highest BCUT2D eigenvalue weighted by Gasteiger charge is 2.24. The minimum atomic E-state index is -0.273. The van der Waals surface area contributed by atoms with Gasteiger partial charge < -0.3 is 19.9 Å². The first-order valence-electron chi connectivity index (χ1n) is 10.9. The molecule has 2 aromatic carbocycles. The number of ether oxygens (including phenoxy) is 1. The Kier molecular flexibility index (Phi) is 5.92. The smallest absolute Gasteiger partial charge is 0.410 e. The second-order valence-corrected chi connectivity index (χ2v) is 8.83. The Morgan fingerprint density at radius 1 is 1.12 bits per heavy atom. The highest BCUT2D eigenvalue weighted by Crippen LogP contribution is 2.34. The molecule has 0 aliphatic carbocycles. The van der Waals surface area contributed by atoms with Crippen molar-refractivity contribution in [2.24, 2.45) is 0 Å². The van der Waals surface area contributed by atoms with E-state index in [1.165, 1.54) is 5.56 Å². The van der Waals surface area contributed by atoms with E-state index in [0.29, 0.717) is 35.6 Å². The number of aryl methyl sites for hydroxylation is 2. The predicted molar refractivity (Wildman–Crippen MR) is 128 cm³/mol. The molecule has 3 aromatic rings. The lowest BCUT2D eigenvalue weighted by Gasteiger charge is -2.35. The van der Waals surface area contributed by atoms with Crippen molar-refractivity contribution in [2.75, 3.05) is 36.4 Å². The Balaban J connectivity index is 1.23. The van der Waals surface area contributed by atoms with Crippen LogP contribution in [0.1, 0.15) is 16.7 Å². The molecule has 0 radical (unpaired) electrons. The number of nitriles is 1. The fourth-order valence-electron chi connectivity index (χ4n) is 4.23. The van der Waals surface area contributed by atoms with Gasteiger partial charge in [0.1, 0.15) is 28.7 Å². The molecule has 1 aromatic heterocycles. The van der Waals surface area contributed by atoms with Crippen molar-refractivity contribution in [3.8, 4) is 6.07 Å². The number of piperazine rings is 1. The number of nitrogens with zero attached hydrogens (tertiary/aromatic N) is 5. The van der Waals surface area contributed by atoms with Crippen molar-refractivity contribution >= 4 is 39.2 Å². The van der Waals surface area contributed by atoms with Crippen molar-refractivity contribution in [2.45, 2.75) is 19.6 Å². The fraction of sp³-hybridized carbons (Fsp3) is 0.292. The monoisotopic (exact) mass is 506 g/mol. The molecule has 0 spiro atoms. The van der Waals surface area contributed by atoms with Gasteiger partial charge in [-0.25, -0.2) is 9.48 Å². The van der Waals surface area contributed by atoms with Crippen LogP contribution < -0.4 is 10.2 Å². The summed E-state index contributed by atoms with van der Waals surface area (Å²) < 4.78 is 7.87. The number of halogens is 1. The zero-order valence-electron chi connectivity index (χ0n) is 18.0. The van der Waals surface area contributed by atoms with Gasteiger partial charge in [0.05, 0.1) is 0 Å². The van der Waals surface area contributed by atoms with Crippen LogP contribution in [0.2, 0.25) is 0 Å². The summed E-state index contributed by atoms with van der Waals surface area (Å²) in [5, 5.41) is 17.4. The topological polar surface area (TPSA) is 86.4 Å². The van der Waals surface area contributed by atoms with Crippen molar-refractivity contribution < 1.29 is 9.53 Å². The maximum atomic E-state index is 12.5. The third-order valence-electron chi connectivity index (χ3n) is 6.07. The predicted octanol–water partition coefficient (Wildman–Crippen LogP) is 4.28. The summed E-state index contributed by atoms with van der Waals surface area (Å²) in [6, 6.07) is 18.3. The molecule has 2 aliphatic heterocycles. The summed E-state index contributed by atoms with van der Waals surface area (Å²) in [7, 11) is 0. The van der Waals surface area contributed by atoms with E-state index in [1.807, 2.05) is 35.0 Å². The average Bonchev–Trinajstić information content (AvgIpc) is 3.04. The van der Waals surface area contributed by atoms with Gasteiger partial charge >= 0.3 is 6.09 Å². The van der Waals surface area contributed by atoms with Gasteiger partial charge in [0, 0.05) is 44.1 Å². The van der Waals surface area contributed by atoms with E-state index in [2.05, 4.69) is 55.5 Å². The van der Waals surface area contributed by atoms with Crippen molar-refractivity contribution in [3.63, 3.8) is 0 Å². The Hall–Kier alpha value is -3.51. The number of aromatic nitrogens is 2. The minimum absolute atomic E-state index is 0.273. The molecule has 0 bridgehead atoms. The van der Waals surface area contributed by atoms with E-state index in [1.54, 1.807) is 4.90 Å². The second-order valence-electron chi connectivity index (χ2n) is 8.08. The molecule has 1 N–H and O–H groups in total. The molecule has 1 fully saturated rings. The van der Waals surface area contributed by atoms with Crippen molar-refractivity contribution in [1.29, 1.82) is 5.26 Å². The summed E-state index contributed by atoms with van der Waals surface area (Å²) in [4.78, 5) is 16.5. The highest BCUT2D eigenvalue weighted by molar-refractivity contribution is 9.10. The van der Waals surface area contributed by atoms with E-state index in [9.17, 15) is 10.1 Å². The van der Waals surface area contributed by atoms with E-state index < -0.39 is 0 Å². The first-order valence-corrected chi connectivity index (χ1v) is 11.7. The summed E-state index contributed by atoms with van der Waals surface area (Å²) in [5.74, 6) is 0.714. The number of hydrogen-bond acceptors (Lipinski definition) is 6. The van der Waals surface area contributed by atoms with Crippen LogP contribution >= 0.6 is 15.9 Å². The number of carbonyl (C=O) groups is 1. The number of hydrogen-bond donors (Lipinski definition) is 1. The standard InChI is InChI=1S/C24H23BrN6O2/c25-22-20(15-26)23-27-21-14-19(7-6-18(21)8-9-31(23)28-22)29-10-12-30(13-11-29)24(32)33-16-17-4-2-1-3-5-17/h1-7,14,27H,8-13,16H2. The van der Waals surface area contributed by atoms with Gasteiger partial charge in [-0.15, -0.1) is 0 Å². The van der Waals surface area contributed by atoms with Gasteiger partial charge in [0.2, 0.25) is 0 Å². The number of rotatable bonds is 3. The number of nitrogens with one attached hydrogen (secondary N) is 1. The molecule has 2 aliphatic rings. The van der Waals surface area contributed by atoms with Crippen LogP contribution in [0.25, 0.3) is 0 Å². The zero-order valence-corrected chi connectivity index (χ0v) is 19.6. The number of fused-ring (bicyclic) bond motifs is 2. The normalized spacial score (nSPS) is 15.0. The van der Waals surface area contributed by atoms with Crippen LogP contribution in [0.3, 0.4) is 0 Å². The molecule has 0 saturated carbocycles. The van der Waals surface area contributed by atoms with Crippen LogP contribution in [0, 0.1) is 11.3 Å². The van der Waals surface area contributed by atoms with Crippen molar-refractivity contribution in [1.82, 2.24) is 14.7 Å². The zero-order chi connectivity index (χ0) is 22.8. The van der Waals surface area contributed by atoms with Crippen LogP contribution in [-0.2, 0) is 24.3 Å². The Labute approximate surface area is 200 Å². The molecule has 8 nitrogen and oxygen atoms in total. The summed E-state index contributed by atoms with van der Waals surface area (Å²) in [6.45, 7) is 3.66. The quantitative estimate of drug-likeness (QED) is 0.570. The number of amides is 1. The molecule has 5 rings (SSSR count). The van der Waals surface area contributed by atoms with Crippen molar-refractivity contribution in [3.05, 3.63) is 69.8 Å². The van der Waals surface area contributed by atoms with Gasteiger partial charge in [0.25, 0.3) is 0 Å². The van der Waals surface area contributed by atoms with E-state index in [0.717, 1.165) is 36.4 Å². The van der Waals surface area contributed by atoms with Crippen LogP contribution in [0.15, 0.2) is 53.1 Å². The average molecular weight is 507 g/mol. The van der Waals surface area contributed by atoms with Crippen LogP contribution in [0.5, 0.6) is 0 Å². The van der Waals surface area contributed by atoms with Gasteiger partial charge in [-0.1, -0.05) is 36.4 Å². The molecular formula is C24H23BrN6O2. The fourth-order valence-corrected chi connectivity index (χ4v) is 4.70. The lowest BCUT2D eigenvalue weighted by atomic mass is 10.1. The highest BCUT2D eigenvalue weighted by atomic mass is 79.9. The minimum Gasteiger partial charge on any atom is -0.445 e. The maximum Gasteiger partial charge on any atom is 0.410 e. The van der Waals surface area contributed by atoms with Gasteiger partial charge in [-0.05, 0) is 45.6 Å². The third kappa shape index (κ3) is 4.39. The molecule has 0 unspecified atom stereocenters. The van der Waals surface area contributed by atoms with Crippen LogP contribution in [0.4, 0.5) is 22.0 Å². The molecule has 0 atom stereocenters. The summed E-state index contributed by atoms with van der Waals surface area (Å²) in [5.41, 5.74) is 4.75. The molecule has 1 saturated heterocycles. The molecule has 168 valence electrons. The maximum absolute atomic E-state index is 12.5. The second kappa shape index (κ2) is 9.16. The summed E-state index contributed by atoms with van der Waals surface area (Å²) in [6.07, 6.45) is 0.556. The molecule has 1 amide bonds. The lowest BCUT2D eigenvalue weighted by molar-refractivity contribution is 0.0942. The molecule has 3 heterocycles. The third-order valence-corrected chi connectivity index (χ3v) is 6.62. The summed E-state index contributed by atoms with van der Waals surface area (Å²) >= 11 is 3.38. The SMILES string of the molecule is N#Cc1c(Br)nn2c1Nc1cc(N3CCN(C(=O)OCc4ccccc4)CC3)ccc1CC2.